The number of carbonyl (C=O) groups excluding carboxylic acids is 1. The molecule has 1 atom stereocenters. The third kappa shape index (κ3) is 3.62. The second kappa shape index (κ2) is 4.45. The van der Waals surface area contributed by atoms with Crippen LogP contribution in [0.5, 0.6) is 0 Å². The van der Waals surface area contributed by atoms with Gasteiger partial charge in [0.25, 0.3) is 0 Å². The number of alkyl halides is 1. The summed E-state index contributed by atoms with van der Waals surface area (Å²) in [5, 5.41) is 7.08. The normalized spacial score (nSPS) is 12.7. The zero-order valence-electron chi connectivity index (χ0n) is 6.28. The van der Waals surface area contributed by atoms with E-state index in [2.05, 4.69) is 0 Å². The Morgan fingerprint density at radius 3 is 2.50 bits per heavy atom. The molecule has 0 heterocycles. The SMILES string of the molecule is CCC(=O)C(=N)CC(C)Cl. The van der Waals surface area contributed by atoms with Gasteiger partial charge in [-0.2, -0.15) is 0 Å². The number of hydrogen-bond acceptors (Lipinski definition) is 2. The van der Waals surface area contributed by atoms with E-state index in [1.54, 1.807) is 13.8 Å². The average Bonchev–Trinajstić information content (AvgIpc) is 1.85. The van der Waals surface area contributed by atoms with Crippen molar-refractivity contribution in [2.75, 3.05) is 0 Å². The van der Waals surface area contributed by atoms with Crippen LogP contribution in [0.1, 0.15) is 26.7 Å². The predicted molar refractivity (Wildman–Crippen MR) is 43.0 cm³/mol. The van der Waals surface area contributed by atoms with E-state index in [0.29, 0.717) is 12.8 Å². The lowest BCUT2D eigenvalue weighted by Gasteiger charge is -2.01. The van der Waals surface area contributed by atoms with Crippen molar-refractivity contribution in [1.29, 1.82) is 5.41 Å². The van der Waals surface area contributed by atoms with Crippen LogP contribution in [-0.4, -0.2) is 16.9 Å². The third-order valence-corrected chi connectivity index (χ3v) is 1.30. The van der Waals surface area contributed by atoms with Crippen LogP contribution in [0, 0.1) is 5.41 Å². The van der Waals surface area contributed by atoms with E-state index in [9.17, 15) is 4.79 Å². The van der Waals surface area contributed by atoms with Gasteiger partial charge in [-0.3, -0.25) is 4.79 Å². The van der Waals surface area contributed by atoms with Crippen LogP contribution in [0.3, 0.4) is 0 Å². The standard InChI is InChI=1S/C7H12ClNO/c1-3-7(10)6(9)4-5(2)8/h5,9H,3-4H2,1-2H3. The van der Waals surface area contributed by atoms with E-state index in [-0.39, 0.29) is 16.9 Å². The number of carbonyl (C=O) groups is 1. The molecule has 0 spiro atoms. The van der Waals surface area contributed by atoms with Crippen molar-refractivity contribution in [1.82, 2.24) is 0 Å². The van der Waals surface area contributed by atoms with Crippen LogP contribution in [-0.2, 0) is 4.79 Å². The first kappa shape index (κ1) is 9.63. The minimum absolute atomic E-state index is 0.104. The van der Waals surface area contributed by atoms with E-state index in [1.807, 2.05) is 0 Å². The highest BCUT2D eigenvalue weighted by atomic mass is 35.5. The van der Waals surface area contributed by atoms with Crippen LogP contribution >= 0.6 is 11.6 Å². The number of Topliss-reactive ketones (excluding diaryl/α,β-unsaturated/α-hetero) is 1. The van der Waals surface area contributed by atoms with Crippen molar-refractivity contribution in [3.63, 3.8) is 0 Å². The molecule has 0 aromatic carbocycles. The van der Waals surface area contributed by atoms with E-state index in [4.69, 9.17) is 17.0 Å². The molecule has 1 N–H and O–H groups in total. The van der Waals surface area contributed by atoms with Gasteiger partial charge in [-0.05, 0) is 6.92 Å². The van der Waals surface area contributed by atoms with E-state index >= 15 is 0 Å². The Kier molecular flexibility index (Phi) is 4.28. The Labute approximate surface area is 66.1 Å². The summed E-state index contributed by atoms with van der Waals surface area (Å²) in [4.78, 5) is 10.8. The summed E-state index contributed by atoms with van der Waals surface area (Å²) >= 11 is 5.58. The summed E-state index contributed by atoms with van der Waals surface area (Å²) in [5.74, 6) is -0.104. The van der Waals surface area contributed by atoms with Crippen molar-refractivity contribution in [2.45, 2.75) is 32.1 Å². The van der Waals surface area contributed by atoms with Crippen molar-refractivity contribution in [3.8, 4) is 0 Å². The van der Waals surface area contributed by atoms with Crippen LogP contribution in [0.25, 0.3) is 0 Å². The highest BCUT2D eigenvalue weighted by molar-refractivity contribution is 6.39. The van der Waals surface area contributed by atoms with Gasteiger partial charge in [0, 0.05) is 18.2 Å². The molecule has 0 aromatic rings. The lowest BCUT2D eigenvalue weighted by molar-refractivity contribution is -0.112. The first-order chi connectivity index (χ1) is 4.57. The highest BCUT2D eigenvalue weighted by Crippen LogP contribution is 2.02. The molecule has 0 rings (SSSR count). The lowest BCUT2D eigenvalue weighted by Crippen LogP contribution is -2.14. The smallest absolute Gasteiger partial charge is 0.176 e. The summed E-state index contributed by atoms with van der Waals surface area (Å²) in [6, 6.07) is 0. The molecule has 10 heavy (non-hydrogen) atoms. The number of halogens is 1. The molecule has 0 saturated heterocycles. The molecule has 0 radical (unpaired) electrons. The topological polar surface area (TPSA) is 40.9 Å². The van der Waals surface area contributed by atoms with Crippen LogP contribution in [0.4, 0.5) is 0 Å². The largest absolute Gasteiger partial charge is 0.302 e. The van der Waals surface area contributed by atoms with Gasteiger partial charge in [-0.1, -0.05) is 6.92 Å². The molecule has 0 aliphatic carbocycles. The summed E-state index contributed by atoms with van der Waals surface area (Å²) in [7, 11) is 0. The van der Waals surface area contributed by atoms with Crippen LogP contribution in [0.2, 0.25) is 0 Å². The maximum atomic E-state index is 10.8. The maximum absolute atomic E-state index is 10.8. The molecule has 0 saturated carbocycles. The predicted octanol–water partition coefficient (Wildman–Crippen LogP) is 2.00. The van der Waals surface area contributed by atoms with Gasteiger partial charge in [0.1, 0.15) is 0 Å². The minimum atomic E-state index is -0.108. The molecule has 0 aromatic heterocycles. The van der Waals surface area contributed by atoms with E-state index in [1.165, 1.54) is 0 Å². The zero-order valence-corrected chi connectivity index (χ0v) is 7.03. The van der Waals surface area contributed by atoms with E-state index in [0.717, 1.165) is 0 Å². The first-order valence-corrected chi connectivity index (χ1v) is 3.76. The number of rotatable bonds is 4. The monoisotopic (exact) mass is 161 g/mol. The molecule has 1 unspecified atom stereocenters. The summed E-state index contributed by atoms with van der Waals surface area (Å²) < 4.78 is 0. The van der Waals surface area contributed by atoms with Gasteiger partial charge in [-0.25, -0.2) is 0 Å². The number of hydrogen-bond donors (Lipinski definition) is 1. The molecule has 0 amide bonds. The Balaban J connectivity index is 3.74. The van der Waals surface area contributed by atoms with Gasteiger partial charge >= 0.3 is 0 Å². The number of ketones is 1. The Morgan fingerprint density at radius 1 is 1.70 bits per heavy atom. The second-order valence-electron chi connectivity index (χ2n) is 2.24. The van der Waals surface area contributed by atoms with Crippen LogP contribution in [0.15, 0.2) is 0 Å². The molecular weight excluding hydrogens is 150 g/mol. The fourth-order valence-corrected chi connectivity index (χ4v) is 0.763. The Bertz CT molecular complexity index is 143. The van der Waals surface area contributed by atoms with Crippen molar-refractivity contribution in [2.24, 2.45) is 0 Å². The molecule has 0 aliphatic heterocycles. The average molecular weight is 162 g/mol. The molecule has 58 valence electrons. The van der Waals surface area contributed by atoms with Gasteiger partial charge < -0.3 is 5.41 Å². The van der Waals surface area contributed by atoms with Crippen molar-refractivity contribution < 1.29 is 4.79 Å². The summed E-state index contributed by atoms with van der Waals surface area (Å²) in [6.45, 7) is 3.52. The number of nitrogens with one attached hydrogen (secondary N) is 1. The van der Waals surface area contributed by atoms with Crippen LogP contribution < -0.4 is 0 Å². The maximum Gasteiger partial charge on any atom is 0.176 e. The van der Waals surface area contributed by atoms with Gasteiger partial charge in [0.15, 0.2) is 5.78 Å². The highest BCUT2D eigenvalue weighted by Gasteiger charge is 2.08. The Morgan fingerprint density at radius 2 is 2.20 bits per heavy atom. The van der Waals surface area contributed by atoms with Crippen molar-refractivity contribution in [3.05, 3.63) is 0 Å². The fraction of sp³-hybridized carbons (Fsp3) is 0.714. The summed E-state index contributed by atoms with van der Waals surface area (Å²) in [6.07, 6.45) is 0.788. The minimum Gasteiger partial charge on any atom is -0.302 e. The molecule has 2 nitrogen and oxygen atoms in total. The molecule has 0 fully saturated rings. The van der Waals surface area contributed by atoms with E-state index < -0.39 is 0 Å². The lowest BCUT2D eigenvalue weighted by atomic mass is 10.1. The van der Waals surface area contributed by atoms with Gasteiger partial charge in [0.05, 0.1) is 5.71 Å². The Hall–Kier alpha value is -0.370. The second-order valence-corrected chi connectivity index (χ2v) is 2.99. The molecule has 0 aliphatic rings. The fourth-order valence-electron chi connectivity index (χ4n) is 0.608. The molecule has 3 heteroatoms. The van der Waals surface area contributed by atoms with Crippen molar-refractivity contribution >= 4 is 23.1 Å². The first-order valence-electron chi connectivity index (χ1n) is 3.32. The zero-order chi connectivity index (χ0) is 8.15. The molecule has 0 bridgehead atoms. The van der Waals surface area contributed by atoms with Gasteiger partial charge in [-0.15, -0.1) is 11.6 Å². The molecular formula is C7H12ClNO. The summed E-state index contributed by atoms with van der Waals surface area (Å²) in [5.41, 5.74) is 0.144. The quantitative estimate of drug-likeness (QED) is 0.497. The van der Waals surface area contributed by atoms with Gasteiger partial charge in [0.2, 0.25) is 0 Å². The third-order valence-electron chi connectivity index (χ3n) is 1.14.